The maximum absolute atomic E-state index is 4.28. The molecule has 1 fully saturated rings. The Bertz CT molecular complexity index is 518. The molecule has 1 saturated heterocycles. The zero-order valence-electron chi connectivity index (χ0n) is 11.5. The highest BCUT2D eigenvalue weighted by Gasteiger charge is 2.21. The lowest BCUT2D eigenvalue weighted by atomic mass is 9.90. The van der Waals surface area contributed by atoms with Crippen LogP contribution in [0.5, 0.6) is 0 Å². The molecule has 1 aromatic heterocycles. The Morgan fingerprint density at radius 1 is 1.32 bits per heavy atom. The van der Waals surface area contributed by atoms with Gasteiger partial charge in [-0.1, -0.05) is 30.3 Å². The zero-order chi connectivity index (χ0) is 13.1. The van der Waals surface area contributed by atoms with Crippen LogP contribution < -0.4 is 0 Å². The van der Waals surface area contributed by atoms with Crippen LogP contribution in [0.4, 0.5) is 0 Å². The predicted molar refractivity (Wildman–Crippen MR) is 77.0 cm³/mol. The van der Waals surface area contributed by atoms with Crippen molar-refractivity contribution in [2.45, 2.75) is 32.2 Å². The van der Waals surface area contributed by atoms with Crippen LogP contribution in [-0.2, 0) is 6.54 Å². The van der Waals surface area contributed by atoms with E-state index in [1.54, 1.807) is 0 Å². The van der Waals surface area contributed by atoms with Crippen LogP contribution in [0, 0.1) is 6.92 Å². The molecule has 1 atom stereocenters. The SMILES string of the molecule is Cc1ncc(CN2CCCC(c3ccccc3)C2)[nH]1. The minimum absolute atomic E-state index is 0.680. The molecule has 1 aliphatic rings. The van der Waals surface area contributed by atoms with Gasteiger partial charge in [0.05, 0.1) is 0 Å². The Morgan fingerprint density at radius 2 is 2.16 bits per heavy atom. The van der Waals surface area contributed by atoms with E-state index in [4.69, 9.17) is 0 Å². The van der Waals surface area contributed by atoms with E-state index in [2.05, 4.69) is 45.2 Å². The number of benzene rings is 1. The highest BCUT2D eigenvalue weighted by atomic mass is 15.1. The third-order valence-electron chi connectivity index (χ3n) is 3.93. The average molecular weight is 255 g/mol. The number of likely N-dealkylation sites (tertiary alicyclic amines) is 1. The molecular formula is C16H21N3. The molecule has 3 nitrogen and oxygen atoms in total. The molecule has 0 saturated carbocycles. The molecule has 1 aromatic carbocycles. The van der Waals surface area contributed by atoms with Crippen LogP contribution >= 0.6 is 0 Å². The molecule has 3 heteroatoms. The second-order valence-corrected chi connectivity index (χ2v) is 5.48. The van der Waals surface area contributed by atoms with Crippen molar-refractivity contribution in [3.63, 3.8) is 0 Å². The molecule has 0 radical (unpaired) electrons. The fourth-order valence-corrected chi connectivity index (χ4v) is 2.99. The average Bonchev–Trinajstić information content (AvgIpc) is 2.85. The molecular weight excluding hydrogens is 234 g/mol. The Morgan fingerprint density at radius 3 is 2.89 bits per heavy atom. The van der Waals surface area contributed by atoms with E-state index >= 15 is 0 Å². The van der Waals surface area contributed by atoms with Crippen molar-refractivity contribution < 1.29 is 0 Å². The lowest BCUT2D eigenvalue weighted by Crippen LogP contribution is -2.33. The molecule has 2 aromatic rings. The number of aromatic amines is 1. The largest absolute Gasteiger partial charge is 0.345 e. The lowest BCUT2D eigenvalue weighted by molar-refractivity contribution is 0.198. The van der Waals surface area contributed by atoms with Crippen LogP contribution in [-0.4, -0.2) is 28.0 Å². The van der Waals surface area contributed by atoms with E-state index < -0.39 is 0 Å². The summed E-state index contributed by atoms with van der Waals surface area (Å²) in [6.07, 6.45) is 4.55. The Kier molecular flexibility index (Phi) is 3.65. The van der Waals surface area contributed by atoms with E-state index in [1.165, 1.54) is 30.6 Å². The van der Waals surface area contributed by atoms with Crippen molar-refractivity contribution in [3.05, 3.63) is 53.6 Å². The summed E-state index contributed by atoms with van der Waals surface area (Å²) in [5.74, 6) is 1.69. The van der Waals surface area contributed by atoms with Gasteiger partial charge in [0.15, 0.2) is 0 Å². The van der Waals surface area contributed by atoms with Crippen molar-refractivity contribution >= 4 is 0 Å². The van der Waals surface area contributed by atoms with Crippen LogP contribution in [0.2, 0.25) is 0 Å². The summed E-state index contributed by atoms with van der Waals surface area (Å²) in [6.45, 7) is 5.35. The first-order valence-corrected chi connectivity index (χ1v) is 7.09. The first-order chi connectivity index (χ1) is 9.31. The fourth-order valence-electron chi connectivity index (χ4n) is 2.99. The van der Waals surface area contributed by atoms with Gasteiger partial charge in [-0.3, -0.25) is 4.90 Å². The van der Waals surface area contributed by atoms with Crippen molar-refractivity contribution in [2.24, 2.45) is 0 Å². The summed E-state index contributed by atoms with van der Waals surface area (Å²) in [5.41, 5.74) is 2.71. The number of imidazole rings is 1. The van der Waals surface area contributed by atoms with Crippen LogP contribution in [0.1, 0.15) is 35.8 Å². The highest BCUT2D eigenvalue weighted by Crippen LogP contribution is 2.27. The maximum Gasteiger partial charge on any atom is 0.103 e. The number of nitrogens with one attached hydrogen (secondary N) is 1. The number of aromatic nitrogens is 2. The standard InChI is InChI=1S/C16H21N3/c1-13-17-10-16(18-13)12-19-9-5-8-15(11-19)14-6-3-2-4-7-14/h2-4,6-7,10,15H,5,8-9,11-12H2,1H3,(H,17,18). The van der Waals surface area contributed by atoms with E-state index in [-0.39, 0.29) is 0 Å². The number of piperidine rings is 1. The number of H-pyrrole nitrogens is 1. The van der Waals surface area contributed by atoms with Crippen molar-refractivity contribution in [2.75, 3.05) is 13.1 Å². The predicted octanol–water partition coefficient (Wildman–Crippen LogP) is 3.10. The van der Waals surface area contributed by atoms with Crippen LogP contribution in [0.15, 0.2) is 36.5 Å². The van der Waals surface area contributed by atoms with Gasteiger partial charge >= 0.3 is 0 Å². The van der Waals surface area contributed by atoms with Crippen molar-refractivity contribution in [3.8, 4) is 0 Å². The second-order valence-electron chi connectivity index (χ2n) is 5.48. The van der Waals surface area contributed by atoms with Gasteiger partial charge < -0.3 is 4.98 Å². The topological polar surface area (TPSA) is 31.9 Å². The molecule has 0 aliphatic carbocycles. The fraction of sp³-hybridized carbons (Fsp3) is 0.438. The van der Waals surface area contributed by atoms with Gasteiger partial charge in [0.2, 0.25) is 0 Å². The Labute approximate surface area is 114 Å². The molecule has 1 unspecified atom stereocenters. The van der Waals surface area contributed by atoms with Crippen LogP contribution in [0.3, 0.4) is 0 Å². The molecule has 1 N–H and O–H groups in total. The minimum Gasteiger partial charge on any atom is -0.345 e. The Balaban J connectivity index is 1.65. The minimum atomic E-state index is 0.680. The first kappa shape index (κ1) is 12.4. The van der Waals surface area contributed by atoms with Gasteiger partial charge in [-0.25, -0.2) is 4.98 Å². The van der Waals surface area contributed by atoms with Gasteiger partial charge in [-0.2, -0.15) is 0 Å². The normalized spacial score (nSPS) is 20.6. The van der Waals surface area contributed by atoms with E-state index in [0.29, 0.717) is 5.92 Å². The third kappa shape index (κ3) is 3.04. The summed E-state index contributed by atoms with van der Waals surface area (Å²) in [5, 5.41) is 0. The van der Waals surface area contributed by atoms with E-state index in [0.717, 1.165) is 18.9 Å². The van der Waals surface area contributed by atoms with Gasteiger partial charge in [-0.15, -0.1) is 0 Å². The van der Waals surface area contributed by atoms with Gasteiger partial charge in [0, 0.05) is 25.0 Å². The van der Waals surface area contributed by atoms with Crippen molar-refractivity contribution in [1.82, 2.24) is 14.9 Å². The summed E-state index contributed by atoms with van der Waals surface area (Å²) < 4.78 is 0. The molecule has 19 heavy (non-hydrogen) atoms. The summed E-state index contributed by atoms with van der Waals surface area (Å²) in [4.78, 5) is 10.1. The summed E-state index contributed by atoms with van der Waals surface area (Å²) in [6, 6.07) is 10.9. The quantitative estimate of drug-likeness (QED) is 0.914. The van der Waals surface area contributed by atoms with E-state index in [1.807, 2.05) is 13.1 Å². The number of aryl methyl sites for hydroxylation is 1. The Hall–Kier alpha value is -1.61. The van der Waals surface area contributed by atoms with Gasteiger partial charge in [0.1, 0.15) is 5.82 Å². The maximum atomic E-state index is 4.28. The van der Waals surface area contributed by atoms with Gasteiger partial charge in [0.25, 0.3) is 0 Å². The molecule has 0 amide bonds. The smallest absolute Gasteiger partial charge is 0.103 e. The number of rotatable bonds is 3. The molecule has 1 aliphatic heterocycles. The lowest BCUT2D eigenvalue weighted by Gasteiger charge is -2.32. The molecule has 100 valence electrons. The highest BCUT2D eigenvalue weighted by molar-refractivity contribution is 5.20. The first-order valence-electron chi connectivity index (χ1n) is 7.09. The zero-order valence-corrected chi connectivity index (χ0v) is 11.5. The van der Waals surface area contributed by atoms with E-state index in [9.17, 15) is 0 Å². The summed E-state index contributed by atoms with van der Waals surface area (Å²) >= 11 is 0. The van der Waals surface area contributed by atoms with Crippen LogP contribution in [0.25, 0.3) is 0 Å². The summed E-state index contributed by atoms with van der Waals surface area (Å²) in [7, 11) is 0. The van der Waals surface area contributed by atoms with Crippen molar-refractivity contribution in [1.29, 1.82) is 0 Å². The molecule has 0 bridgehead atoms. The molecule has 0 spiro atoms. The number of hydrogen-bond acceptors (Lipinski definition) is 2. The second kappa shape index (κ2) is 5.57. The van der Waals surface area contributed by atoms with Gasteiger partial charge in [-0.05, 0) is 37.8 Å². The number of nitrogens with zero attached hydrogens (tertiary/aromatic N) is 2. The third-order valence-corrected chi connectivity index (χ3v) is 3.93. The number of hydrogen-bond donors (Lipinski definition) is 1. The monoisotopic (exact) mass is 255 g/mol. The molecule has 2 heterocycles. The molecule has 3 rings (SSSR count).